The van der Waals surface area contributed by atoms with Gasteiger partial charge in [0.2, 0.25) is 0 Å². The molecule has 0 spiro atoms. The van der Waals surface area contributed by atoms with Crippen LogP contribution in [-0.4, -0.2) is 49.7 Å². The van der Waals surface area contributed by atoms with Crippen LogP contribution in [0.1, 0.15) is 24.0 Å². The zero-order valence-electron chi connectivity index (χ0n) is 13.0. The van der Waals surface area contributed by atoms with E-state index in [2.05, 4.69) is 49.9 Å². The number of carboxylic acid groups (broad SMARTS) is 1. The standard InChI is InChI=1S/C16H26N2O2/c1-13-7-5-8-15(14(13)2)18(12-9-16(19)20)11-6-10-17(3)4/h5,7-8H,6,9-12H2,1-4H3,(H,19,20). The molecule has 20 heavy (non-hydrogen) atoms. The first-order chi connectivity index (χ1) is 9.41. The van der Waals surface area contributed by atoms with Gasteiger partial charge in [-0.2, -0.15) is 0 Å². The number of carbonyl (C=O) groups is 1. The molecule has 0 aromatic heterocycles. The van der Waals surface area contributed by atoms with Gasteiger partial charge in [-0.3, -0.25) is 4.79 Å². The quantitative estimate of drug-likeness (QED) is 0.793. The lowest BCUT2D eigenvalue weighted by Gasteiger charge is -2.27. The lowest BCUT2D eigenvalue weighted by molar-refractivity contribution is -0.136. The average molecular weight is 278 g/mol. The zero-order chi connectivity index (χ0) is 15.1. The van der Waals surface area contributed by atoms with E-state index in [0.717, 1.165) is 25.2 Å². The largest absolute Gasteiger partial charge is 0.481 e. The first kappa shape index (κ1) is 16.5. The molecule has 0 fully saturated rings. The highest BCUT2D eigenvalue weighted by molar-refractivity contribution is 5.68. The van der Waals surface area contributed by atoms with Crippen LogP contribution < -0.4 is 4.90 Å². The van der Waals surface area contributed by atoms with Crippen LogP contribution in [0, 0.1) is 13.8 Å². The molecular formula is C16H26N2O2. The number of nitrogens with zero attached hydrogens (tertiary/aromatic N) is 2. The van der Waals surface area contributed by atoms with Gasteiger partial charge in [0.1, 0.15) is 0 Å². The van der Waals surface area contributed by atoms with Crippen LogP contribution in [0.3, 0.4) is 0 Å². The molecule has 0 saturated carbocycles. The minimum atomic E-state index is -0.743. The molecule has 0 amide bonds. The van der Waals surface area contributed by atoms with Gasteiger partial charge in [-0.05, 0) is 58.1 Å². The van der Waals surface area contributed by atoms with Gasteiger partial charge in [0, 0.05) is 18.8 Å². The van der Waals surface area contributed by atoms with Gasteiger partial charge in [-0.25, -0.2) is 0 Å². The van der Waals surface area contributed by atoms with E-state index in [-0.39, 0.29) is 6.42 Å². The number of rotatable bonds is 8. The smallest absolute Gasteiger partial charge is 0.305 e. The predicted molar refractivity (Wildman–Crippen MR) is 83.6 cm³/mol. The molecule has 0 aliphatic rings. The second kappa shape index (κ2) is 7.90. The summed E-state index contributed by atoms with van der Waals surface area (Å²) in [4.78, 5) is 15.2. The van der Waals surface area contributed by atoms with Crippen molar-refractivity contribution in [1.29, 1.82) is 0 Å². The highest BCUT2D eigenvalue weighted by Gasteiger charge is 2.12. The first-order valence-corrected chi connectivity index (χ1v) is 7.09. The summed E-state index contributed by atoms with van der Waals surface area (Å²) in [6.07, 6.45) is 1.20. The Labute approximate surface area is 122 Å². The highest BCUT2D eigenvalue weighted by Crippen LogP contribution is 2.23. The van der Waals surface area contributed by atoms with Gasteiger partial charge < -0.3 is 14.9 Å². The molecule has 0 heterocycles. The average Bonchev–Trinajstić information content (AvgIpc) is 2.36. The molecule has 1 N–H and O–H groups in total. The van der Waals surface area contributed by atoms with E-state index < -0.39 is 5.97 Å². The topological polar surface area (TPSA) is 43.8 Å². The van der Waals surface area contributed by atoms with Crippen molar-refractivity contribution in [3.8, 4) is 0 Å². The fourth-order valence-electron chi connectivity index (χ4n) is 2.24. The molecule has 0 bridgehead atoms. The predicted octanol–water partition coefficient (Wildman–Crippen LogP) is 2.54. The van der Waals surface area contributed by atoms with Gasteiger partial charge >= 0.3 is 5.97 Å². The monoisotopic (exact) mass is 278 g/mol. The van der Waals surface area contributed by atoms with Crippen molar-refractivity contribution in [2.75, 3.05) is 38.6 Å². The normalized spacial score (nSPS) is 10.8. The second-order valence-electron chi connectivity index (χ2n) is 5.51. The number of aliphatic carboxylic acids is 1. The Hall–Kier alpha value is -1.55. The summed E-state index contributed by atoms with van der Waals surface area (Å²) in [5, 5.41) is 8.91. The summed E-state index contributed by atoms with van der Waals surface area (Å²) in [5.41, 5.74) is 3.64. The molecule has 1 aromatic carbocycles. The lowest BCUT2D eigenvalue weighted by Crippen LogP contribution is -2.30. The molecule has 0 atom stereocenters. The maximum Gasteiger partial charge on any atom is 0.305 e. The number of aryl methyl sites for hydroxylation is 1. The third kappa shape index (κ3) is 5.21. The zero-order valence-corrected chi connectivity index (χ0v) is 13.0. The van der Waals surface area contributed by atoms with E-state index in [4.69, 9.17) is 5.11 Å². The Bertz CT molecular complexity index is 444. The summed E-state index contributed by atoms with van der Waals surface area (Å²) >= 11 is 0. The maximum atomic E-state index is 10.8. The fraction of sp³-hybridized carbons (Fsp3) is 0.562. The van der Waals surface area contributed by atoms with Crippen molar-refractivity contribution in [1.82, 2.24) is 4.90 Å². The van der Waals surface area contributed by atoms with E-state index >= 15 is 0 Å². The minimum absolute atomic E-state index is 0.176. The van der Waals surface area contributed by atoms with Crippen LogP contribution in [0.2, 0.25) is 0 Å². The maximum absolute atomic E-state index is 10.8. The van der Waals surface area contributed by atoms with E-state index in [1.165, 1.54) is 11.1 Å². The molecule has 4 heteroatoms. The first-order valence-electron chi connectivity index (χ1n) is 7.09. The van der Waals surface area contributed by atoms with Gasteiger partial charge in [0.05, 0.1) is 6.42 Å². The number of hydrogen-bond donors (Lipinski definition) is 1. The third-order valence-corrected chi connectivity index (χ3v) is 3.55. The van der Waals surface area contributed by atoms with Crippen molar-refractivity contribution in [3.05, 3.63) is 29.3 Å². The number of benzene rings is 1. The number of anilines is 1. The molecule has 0 aliphatic carbocycles. The van der Waals surface area contributed by atoms with Crippen LogP contribution in [0.25, 0.3) is 0 Å². The van der Waals surface area contributed by atoms with E-state index in [1.54, 1.807) is 0 Å². The fourth-order valence-corrected chi connectivity index (χ4v) is 2.24. The Morgan fingerprint density at radius 1 is 1.15 bits per heavy atom. The summed E-state index contributed by atoms with van der Waals surface area (Å²) < 4.78 is 0. The molecule has 112 valence electrons. The lowest BCUT2D eigenvalue weighted by atomic mass is 10.1. The Morgan fingerprint density at radius 3 is 2.45 bits per heavy atom. The highest BCUT2D eigenvalue weighted by atomic mass is 16.4. The van der Waals surface area contributed by atoms with Crippen LogP contribution in [-0.2, 0) is 4.79 Å². The Kier molecular flexibility index (Phi) is 6.52. The van der Waals surface area contributed by atoms with Crippen molar-refractivity contribution < 1.29 is 9.90 Å². The summed E-state index contributed by atoms with van der Waals surface area (Å²) in [6.45, 7) is 6.65. The molecule has 0 radical (unpaired) electrons. The second-order valence-corrected chi connectivity index (χ2v) is 5.51. The van der Waals surface area contributed by atoms with Gasteiger partial charge in [0.25, 0.3) is 0 Å². The molecule has 1 rings (SSSR count). The molecule has 0 unspecified atom stereocenters. The molecule has 4 nitrogen and oxygen atoms in total. The summed E-state index contributed by atoms with van der Waals surface area (Å²) in [7, 11) is 4.11. The third-order valence-electron chi connectivity index (χ3n) is 3.55. The van der Waals surface area contributed by atoms with Crippen LogP contribution in [0.15, 0.2) is 18.2 Å². The Morgan fingerprint density at radius 2 is 1.85 bits per heavy atom. The summed E-state index contributed by atoms with van der Waals surface area (Å²) in [5.74, 6) is -0.743. The van der Waals surface area contributed by atoms with E-state index in [0.29, 0.717) is 6.54 Å². The van der Waals surface area contributed by atoms with Crippen molar-refractivity contribution >= 4 is 11.7 Å². The van der Waals surface area contributed by atoms with Crippen molar-refractivity contribution in [2.45, 2.75) is 26.7 Å². The molecule has 1 aromatic rings. The van der Waals surface area contributed by atoms with Gasteiger partial charge in [-0.15, -0.1) is 0 Å². The molecule has 0 aliphatic heterocycles. The van der Waals surface area contributed by atoms with Gasteiger partial charge in [-0.1, -0.05) is 12.1 Å². The summed E-state index contributed by atoms with van der Waals surface area (Å²) in [6, 6.07) is 6.21. The SMILES string of the molecule is Cc1cccc(N(CCCN(C)C)CCC(=O)O)c1C. The minimum Gasteiger partial charge on any atom is -0.481 e. The van der Waals surface area contributed by atoms with Crippen LogP contribution >= 0.6 is 0 Å². The van der Waals surface area contributed by atoms with E-state index in [9.17, 15) is 4.79 Å². The molecule has 0 saturated heterocycles. The van der Waals surface area contributed by atoms with Crippen molar-refractivity contribution in [3.63, 3.8) is 0 Å². The number of hydrogen-bond acceptors (Lipinski definition) is 3. The van der Waals surface area contributed by atoms with Crippen LogP contribution in [0.5, 0.6) is 0 Å². The van der Waals surface area contributed by atoms with E-state index in [1.807, 2.05) is 6.07 Å². The van der Waals surface area contributed by atoms with Crippen molar-refractivity contribution in [2.24, 2.45) is 0 Å². The number of carboxylic acids is 1. The Balaban J connectivity index is 2.79. The van der Waals surface area contributed by atoms with Gasteiger partial charge in [0.15, 0.2) is 0 Å². The molecular weight excluding hydrogens is 252 g/mol. The van der Waals surface area contributed by atoms with Crippen LogP contribution in [0.4, 0.5) is 5.69 Å².